The number of aromatic nitrogens is 2. The largest absolute Gasteiger partial charge is 0.573 e. The highest BCUT2D eigenvalue weighted by Crippen LogP contribution is 2.41. The molecule has 1 amide bonds. The normalized spacial score (nSPS) is 16.1. The van der Waals surface area contributed by atoms with Crippen LogP contribution in [0.15, 0.2) is 109 Å². The van der Waals surface area contributed by atoms with Gasteiger partial charge in [0.15, 0.2) is 0 Å². The fourth-order valence-corrected chi connectivity index (χ4v) is 8.97. The molecule has 348 valence electrons. The molecule has 0 atom stereocenters. The predicted molar refractivity (Wildman–Crippen MR) is 235 cm³/mol. The second-order valence-corrected chi connectivity index (χ2v) is 16.8. The fourth-order valence-electron chi connectivity index (χ4n) is 8.97. The Kier molecular flexibility index (Phi) is 14.1. The Hall–Kier alpha value is -5.88. The number of piperidine rings is 1. The van der Waals surface area contributed by atoms with E-state index in [9.17, 15) is 39.9 Å². The molecule has 0 radical (unpaired) electrons. The molecule has 2 fully saturated rings. The monoisotopic (exact) mass is 919 g/mol. The third kappa shape index (κ3) is 11.4. The number of alkyl halides is 6. The molecule has 4 heterocycles. The quantitative estimate of drug-likeness (QED) is 0.0700. The van der Waals surface area contributed by atoms with Gasteiger partial charge in [-0.15, -0.1) is 13.2 Å². The van der Waals surface area contributed by atoms with Gasteiger partial charge in [0.25, 0.3) is 0 Å². The average molecular weight is 920 g/mol. The molecule has 0 spiro atoms. The summed E-state index contributed by atoms with van der Waals surface area (Å²) >= 11 is 0. The summed E-state index contributed by atoms with van der Waals surface area (Å²) in [5, 5.41) is 10.6. The molecule has 3 N–H and O–H groups in total. The van der Waals surface area contributed by atoms with Crippen molar-refractivity contribution in [3.05, 3.63) is 143 Å². The summed E-state index contributed by atoms with van der Waals surface area (Å²) in [5.41, 5.74) is 2.68. The van der Waals surface area contributed by atoms with Gasteiger partial charge in [-0.2, -0.15) is 13.2 Å². The van der Waals surface area contributed by atoms with Gasteiger partial charge in [-0.25, -0.2) is 8.78 Å². The van der Waals surface area contributed by atoms with Crippen LogP contribution in [0.3, 0.4) is 0 Å². The Morgan fingerprint density at radius 1 is 0.773 bits per heavy atom. The zero-order chi connectivity index (χ0) is 46.5. The van der Waals surface area contributed by atoms with E-state index < -0.39 is 35.3 Å². The molecular formula is C49H49F8N7O2. The molecule has 2 aliphatic heterocycles. The van der Waals surface area contributed by atoms with Crippen molar-refractivity contribution in [3.8, 4) is 28.1 Å². The first-order valence-corrected chi connectivity index (χ1v) is 21.9. The summed E-state index contributed by atoms with van der Waals surface area (Å²) in [4.78, 5) is 23.0. The van der Waals surface area contributed by atoms with Crippen LogP contribution in [0.2, 0.25) is 0 Å². The van der Waals surface area contributed by atoms with E-state index in [0.29, 0.717) is 107 Å². The van der Waals surface area contributed by atoms with Gasteiger partial charge < -0.3 is 19.9 Å². The number of rotatable bonds is 15. The van der Waals surface area contributed by atoms with E-state index in [1.54, 1.807) is 42.6 Å². The van der Waals surface area contributed by atoms with Gasteiger partial charge >= 0.3 is 12.5 Å². The van der Waals surface area contributed by atoms with Crippen LogP contribution >= 0.6 is 0 Å². The zero-order valence-corrected chi connectivity index (χ0v) is 35.9. The Morgan fingerprint density at radius 3 is 2.15 bits per heavy atom. The van der Waals surface area contributed by atoms with Gasteiger partial charge in [0.1, 0.15) is 22.9 Å². The van der Waals surface area contributed by atoms with Gasteiger partial charge in [-0.1, -0.05) is 48.5 Å². The highest BCUT2D eigenvalue weighted by molar-refractivity contribution is 5.99. The number of hydrogen-bond donors (Lipinski definition) is 3. The fraction of sp³-hybridized carbons (Fsp3) is 0.347. The van der Waals surface area contributed by atoms with E-state index >= 15 is 0 Å². The van der Waals surface area contributed by atoms with Crippen molar-refractivity contribution in [2.24, 2.45) is 0 Å². The van der Waals surface area contributed by atoms with Gasteiger partial charge in [-0.05, 0) is 97.6 Å². The number of piperazine rings is 1. The third-order valence-corrected chi connectivity index (χ3v) is 12.3. The number of pyridine rings is 1. The Bertz CT molecular complexity index is 2600. The van der Waals surface area contributed by atoms with Crippen LogP contribution in [0.25, 0.3) is 33.3 Å². The standard InChI is InChI=1S/C49H49F8N7O2/c50-36-26-35(27-37(51)28-36)43-10-4-7-38(61-43)29-60-47(16-19-58-20-17-47)46(65)59-18-5-21-64-32-41(40-8-1-2-9-42(40)48(52,53)54)45-34(6-3-11-44(45)64)31-63-24-22-62(23-25-63)30-33-12-14-39(15-13-33)66-49(55,56)57/h1-4,6-15,26-28,32,58,60H,5,16-25,29-31H2,(H,59,65). The summed E-state index contributed by atoms with van der Waals surface area (Å²) in [6, 6.07) is 25.6. The second-order valence-electron chi connectivity index (χ2n) is 16.8. The molecule has 0 unspecified atom stereocenters. The summed E-state index contributed by atoms with van der Waals surface area (Å²) in [6.45, 7) is 5.90. The SMILES string of the molecule is O=C(NCCCn1cc(-c2ccccc2C(F)(F)F)c2c(CN3CCN(Cc4ccc(OC(F)(F)F)cc4)CC3)cccc21)C1(NCc2cccc(-c3cc(F)cc(F)c3)n2)CCNCC1. The molecular weight excluding hydrogens is 871 g/mol. The van der Waals surface area contributed by atoms with E-state index in [4.69, 9.17) is 0 Å². The average Bonchev–Trinajstić information content (AvgIpc) is 3.67. The summed E-state index contributed by atoms with van der Waals surface area (Å²) in [7, 11) is 0. The molecule has 0 aliphatic carbocycles. The highest BCUT2D eigenvalue weighted by Gasteiger charge is 2.39. The summed E-state index contributed by atoms with van der Waals surface area (Å²) in [5.74, 6) is -1.88. The summed E-state index contributed by atoms with van der Waals surface area (Å²) in [6.07, 6.45) is -6.08. The minimum Gasteiger partial charge on any atom is -0.406 e. The summed E-state index contributed by atoms with van der Waals surface area (Å²) < 4.78 is 115. The van der Waals surface area contributed by atoms with E-state index in [2.05, 4.69) is 35.5 Å². The van der Waals surface area contributed by atoms with E-state index in [-0.39, 0.29) is 23.8 Å². The van der Waals surface area contributed by atoms with Crippen LogP contribution in [0.1, 0.15) is 41.6 Å². The number of nitrogens with one attached hydrogen (secondary N) is 3. The lowest BCUT2D eigenvalue weighted by molar-refractivity contribution is -0.274. The Balaban J connectivity index is 0.947. The molecule has 2 aromatic heterocycles. The molecule has 4 aromatic carbocycles. The Morgan fingerprint density at radius 2 is 1.45 bits per heavy atom. The lowest BCUT2D eigenvalue weighted by Gasteiger charge is -2.37. The van der Waals surface area contributed by atoms with Gasteiger partial charge in [-0.3, -0.25) is 24.9 Å². The maximum absolute atomic E-state index is 14.5. The molecule has 66 heavy (non-hydrogen) atoms. The van der Waals surface area contributed by atoms with E-state index in [1.165, 1.54) is 36.4 Å². The van der Waals surface area contributed by atoms with Gasteiger partial charge in [0.2, 0.25) is 5.91 Å². The maximum atomic E-state index is 14.5. The number of benzene rings is 4. The number of aryl methyl sites for hydroxylation is 1. The zero-order valence-electron chi connectivity index (χ0n) is 35.9. The molecule has 2 saturated heterocycles. The first kappa shape index (κ1) is 46.6. The first-order chi connectivity index (χ1) is 31.6. The topological polar surface area (TPSA) is 86.7 Å². The van der Waals surface area contributed by atoms with Crippen molar-refractivity contribution in [3.63, 3.8) is 0 Å². The van der Waals surface area contributed by atoms with Gasteiger partial charge in [0.05, 0.1) is 17.0 Å². The van der Waals surface area contributed by atoms with Crippen LogP contribution in [0, 0.1) is 11.6 Å². The van der Waals surface area contributed by atoms with Crippen LogP contribution < -0.4 is 20.7 Å². The van der Waals surface area contributed by atoms with E-state index in [0.717, 1.165) is 34.2 Å². The number of amides is 1. The Labute approximate surface area is 376 Å². The highest BCUT2D eigenvalue weighted by atomic mass is 19.4. The molecule has 0 bridgehead atoms. The van der Waals surface area contributed by atoms with Crippen molar-refractivity contribution in [2.45, 2.75) is 63.5 Å². The van der Waals surface area contributed by atoms with Crippen molar-refractivity contribution in [2.75, 3.05) is 45.8 Å². The lowest BCUT2D eigenvalue weighted by Crippen LogP contribution is -2.61. The maximum Gasteiger partial charge on any atom is 0.573 e. The molecule has 8 rings (SSSR count). The molecule has 9 nitrogen and oxygen atoms in total. The number of hydrogen-bond acceptors (Lipinski definition) is 7. The van der Waals surface area contributed by atoms with Crippen LogP contribution in [-0.4, -0.2) is 83.0 Å². The number of fused-ring (bicyclic) bond motifs is 1. The van der Waals surface area contributed by atoms with Gasteiger partial charge in [0, 0.05) is 93.2 Å². The molecule has 0 saturated carbocycles. The minimum atomic E-state index is -4.77. The number of carbonyl (C=O) groups excluding carboxylic acids is 1. The van der Waals surface area contributed by atoms with Crippen molar-refractivity contribution >= 4 is 16.8 Å². The predicted octanol–water partition coefficient (Wildman–Crippen LogP) is 9.30. The minimum absolute atomic E-state index is 0.0769. The van der Waals surface area contributed by atoms with Crippen LogP contribution in [0.4, 0.5) is 35.1 Å². The smallest absolute Gasteiger partial charge is 0.406 e. The van der Waals surface area contributed by atoms with Crippen molar-refractivity contribution in [1.29, 1.82) is 0 Å². The molecule has 17 heteroatoms. The van der Waals surface area contributed by atoms with E-state index in [1.807, 2.05) is 22.8 Å². The lowest BCUT2D eigenvalue weighted by atomic mass is 9.87. The second kappa shape index (κ2) is 19.9. The van der Waals surface area contributed by atoms with Crippen LogP contribution in [-0.2, 0) is 37.1 Å². The number of nitrogens with zero attached hydrogens (tertiary/aromatic N) is 4. The third-order valence-electron chi connectivity index (χ3n) is 12.3. The first-order valence-electron chi connectivity index (χ1n) is 21.9. The number of carbonyl (C=O) groups is 1. The number of ether oxygens (including phenoxy) is 1. The molecule has 6 aromatic rings. The van der Waals surface area contributed by atoms with Crippen LogP contribution in [0.5, 0.6) is 5.75 Å². The van der Waals surface area contributed by atoms with Crippen molar-refractivity contribution < 1.29 is 44.7 Å². The molecule has 2 aliphatic rings. The number of halogens is 8. The van der Waals surface area contributed by atoms with Crippen molar-refractivity contribution in [1.82, 2.24) is 35.3 Å².